The third-order valence-electron chi connectivity index (χ3n) is 3.34. The van der Waals surface area contributed by atoms with E-state index < -0.39 is 0 Å². The summed E-state index contributed by atoms with van der Waals surface area (Å²) in [6, 6.07) is 4.69. The molecule has 4 heteroatoms. The summed E-state index contributed by atoms with van der Waals surface area (Å²) in [5.41, 5.74) is 2.45. The molecule has 0 amide bonds. The number of hydrogen-bond acceptors (Lipinski definition) is 2. The molecule has 1 N–H and O–H groups in total. The lowest BCUT2D eigenvalue weighted by Crippen LogP contribution is -2.25. The van der Waals surface area contributed by atoms with Crippen LogP contribution >= 0.6 is 0 Å². The molecular weight excluding hydrogens is 236 g/mol. The fraction of sp³-hybridized carbons (Fsp3) is 0.533. The van der Waals surface area contributed by atoms with Gasteiger partial charge < -0.3 is 9.88 Å². The maximum atomic E-state index is 4.41. The van der Waals surface area contributed by atoms with Crippen LogP contribution in [0.15, 0.2) is 30.7 Å². The van der Waals surface area contributed by atoms with E-state index in [1.54, 1.807) is 0 Å². The Morgan fingerprint density at radius 3 is 2.63 bits per heavy atom. The SMILES string of the molecule is CCNC(c1ccn(Cc2ccn(C)n2)c1)C(C)C. The predicted molar refractivity (Wildman–Crippen MR) is 78.0 cm³/mol. The van der Waals surface area contributed by atoms with Gasteiger partial charge >= 0.3 is 0 Å². The first-order valence-corrected chi connectivity index (χ1v) is 6.97. The van der Waals surface area contributed by atoms with Crippen LogP contribution in [0.3, 0.4) is 0 Å². The molecule has 19 heavy (non-hydrogen) atoms. The molecule has 2 rings (SSSR count). The lowest BCUT2D eigenvalue weighted by Gasteiger charge is -2.20. The Morgan fingerprint density at radius 1 is 1.26 bits per heavy atom. The Hall–Kier alpha value is -1.55. The first-order chi connectivity index (χ1) is 9.10. The molecule has 104 valence electrons. The van der Waals surface area contributed by atoms with Gasteiger partial charge in [0.2, 0.25) is 0 Å². The van der Waals surface area contributed by atoms with Gasteiger partial charge in [-0.3, -0.25) is 4.68 Å². The summed E-state index contributed by atoms with van der Waals surface area (Å²) in [6.07, 6.45) is 6.34. The number of rotatable bonds is 6. The number of aromatic nitrogens is 3. The fourth-order valence-corrected chi connectivity index (χ4v) is 2.43. The minimum absolute atomic E-state index is 0.426. The molecule has 0 saturated carbocycles. The van der Waals surface area contributed by atoms with Crippen molar-refractivity contribution in [2.24, 2.45) is 13.0 Å². The summed E-state index contributed by atoms with van der Waals surface area (Å²) in [5.74, 6) is 0.589. The monoisotopic (exact) mass is 260 g/mol. The summed E-state index contributed by atoms with van der Waals surface area (Å²) in [6.45, 7) is 8.49. The fourth-order valence-electron chi connectivity index (χ4n) is 2.43. The molecule has 0 bridgehead atoms. The highest BCUT2D eigenvalue weighted by Gasteiger charge is 2.15. The molecule has 2 heterocycles. The van der Waals surface area contributed by atoms with Crippen LogP contribution < -0.4 is 5.32 Å². The first-order valence-electron chi connectivity index (χ1n) is 6.97. The van der Waals surface area contributed by atoms with Gasteiger partial charge in [0.15, 0.2) is 0 Å². The van der Waals surface area contributed by atoms with Gasteiger partial charge in [0.05, 0.1) is 12.2 Å². The van der Waals surface area contributed by atoms with Crippen molar-refractivity contribution in [3.05, 3.63) is 42.0 Å². The molecule has 4 nitrogen and oxygen atoms in total. The highest BCUT2D eigenvalue weighted by atomic mass is 15.3. The molecule has 2 aromatic heterocycles. The average Bonchev–Trinajstić information content (AvgIpc) is 2.96. The molecule has 0 fully saturated rings. The van der Waals surface area contributed by atoms with E-state index in [1.807, 2.05) is 17.9 Å². The number of aryl methyl sites for hydroxylation is 1. The quantitative estimate of drug-likeness (QED) is 0.866. The molecular formula is C15H24N4. The average molecular weight is 260 g/mol. The summed E-state index contributed by atoms with van der Waals surface area (Å²) in [5, 5.41) is 7.96. The van der Waals surface area contributed by atoms with Gasteiger partial charge in [0.1, 0.15) is 0 Å². The predicted octanol–water partition coefficient (Wildman–Crippen LogP) is 2.58. The van der Waals surface area contributed by atoms with Gasteiger partial charge in [0.25, 0.3) is 0 Å². The smallest absolute Gasteiger partial charge is 0.0821 e. The highest BCUT2D eigenvalue weighted by molar-refractivity contribution is 5.17. The largest absolute Gasteiger partial charge is 0.348 e. The summed E-state index contributed by atoms with van der Waals surface area (Å²) < 4.78 is 4.04. The molecule has 2 aromatic rings. The Kier molecular flexibility index (Phi) is 4.43. The van der Waals surface area contributed by atoms with E-state index >= 15 is 0 Å². The Labute approximate surface area is 115 Å². The van der Waals surface area contributed by atoms with Crippen LogP contribution in [0, 0.1) is 5.92 Å². The van der Waals surface area contributed by atoms with E-state index in [-0.39, 0.29) is 0 Å². The maximum absolute atomic E-state index is 4.41. The summed E-state index contributed by atoms with van der Waals surface area (Å²) in [7, 11) is 1.95. The van der Waals surface area contributed by atoms with Crippen molar-refractivity contribution in [1.82, 2.24) is 19.7 Å². The van der Waals surface area contributed by atoms with Crippen LogP contribution in [0.1, 0.15) is 38.1 Å². The second-order valence-electron chi connectivity index (χ2n) is 5.38. The molecule has 0 radical (unpaired) electrons. The van der Waals surface area contributed by atoms with E-state index in [1.165, 1.54) is 5.56 Å². The van der Waals surface area contributed by atoms with E-state index in [2.05, 4.69) is 60.3 Å². The van der Waals surface area contributed by atoms with Gasteiger partial charge in [0, 0.05) is 31.7 Å². The molecule has 0 spiro atoms. The normalized spacial score (nSPS) is 13.1. The van der Waals surface area contributed by atoms with Crippen molar-refractivity contribution >= 4 is 0 Å². The Morgan fingerprint density at radius 2 is 2.05 bits per heavy atom. The lowest BCUT2D eigenvalue weighted by molar-refractivity contribution is 0.421. The minimum Gasteiger partial charge on any atom is -0.348 e. The molecule has 0 aliphatic rings. The summed E-state index contributed by atoms with van der Waals surface area (Å²) >= 11 is 0. The van der Waals surface area contributed by atoms with Gasteiger partial charge in [-0.05, 0) is 30.2 Å². The molecule has 1 atom stereocenters. The zero-order valence-corrected chi connectivity index (χ0v) is 12.3. The second-order valence-corrected chi connectivity index (χ2v) is 5.38. The highest BCUT2D eigenvalue weighted by Crippen LogP contribution is 2.22. The van der Waals surface area contributed by atoms with E-state index in [0.29, 0.717) is 12.0 Å². The van der Waals surface area contributed by atoms with Gasteiger partial charge in [-0.25, -0.2) is 0 Å². The molecule has 1 unspecified atom stereocenters. The van der Waals surface area contributed by atoms with Crippen LogP contribution in [0.5, 0.6) is 0 Å². The van der Waals surface area contributed by atoms with Crippen molar-refractivity contribution in [1.29, 1.82) is 0 Å². The van der Waals surface area contributed by atoms with Crippen LogP contribution in [0.4, 0.5) is 0 Å². The second kappa shape index (κ2) is 6.06. The minimum atomic E-state index is 0.426. The van der Waals surface area contributed by atoms with Crippen molar-refractivity contribution in [2.45, 2.75) is 33.4 Å². The molecule has 0 saturated heterocycles. The molecule has 0 aromatic carbocycles. The van der Waals surface area contributed by atoms with E-state index in [9.17, 15) is 0 Å². The molecule has 0 aliphatic heterocycles. The third kappa shape index (κ3) is 3.47. The number of nitrogens with one attached hydrogen (secondary N) is 1. The summed E-state index contributed by atoms with van der Waals surface area (Å²) in [4.78, 5) is 0. The lowest BCUT2D eigenvalue weighted by atomic mass is 9.98. The first kappa shape index (κ1) is 13.9. The maximum Gasteiger partial charge on any atom is 0.0821 e. The van der Waals surface area contributed by atoms with Crippen LogP contribution in [0.25, 0.3) is 0 Å². The Bertz CT molecular complexity index is 510. The molecule has 0 aliphatic carbocycles. The van der Waals surface area contributed by atoms with Gasteiger partial charge in [-0.2, -0.15) is 5.10 Å². The van der Waals surface area contributed by atoms with Crippen molar-refractivity contribution < 1.29 is 0 Å². The number of nitrogens with zero attached hydrogens (tertiary/aromatic N) is 3. The van der Waals surface area contributed by atoms with Crippen molar-refractivity contribution in [2.75, 3.05) is 6.54 Å². The standard InChI is InChI=1S/C15H24N4/c1-5-16-15(12(2)3)13-6-9-19(10-13)11-14-7-8-18(4)17-14/h6-10,12,15-16H,5,11H2,1-4H3. The van der Waals surface area contributed by atoms with E-state index in [0.717, 1.165) is 18.8 Å². The zero-order chi connectivity index (χ0) is 13.8. The van der Waals surface area contributed by atoms with Crippen LogP contribution in [0.2, 0.25) is 0 Å². The van der Waals surface area contributed by atoms with Crippen molar-refractivity contribution in [3.8, 4) is 0 Å². The van der Waals surface area contributed by atoms with Crippen LogP contribution in [-0.2, 0) is 13.6 Å². The topological polar surface area (TPSA) is 34.8 Å². The van der Waals surface area contributed by atoms with Gasteiger partial charge in [-0.15, -0.1) is 0 Å². The van der Waals surface area contributed by atoms with Crippen LogP contribution in [-0.4, -0.2) is 20.9 Å². The van der Waals surface area contributed by atoms with Gasteiger partial charge in [-0.1, -0.05) is 20.8 Å². The zero-order valence-electron chi connectivity index (χ0n) is 12.3. The van der Waals surface area contributed by atoms with Crippen molar-refractivity contribution in [3.63, 3.8) is 0 Å². The third-order valence-corrected chi connectivity index (χ3v) is 3.34. The Balaban J connectivity index is 2.09. The van der Waals surface area contributed by atoms with E-state index in [4.69, 9.17) is 0 Å². The number of hydrogen-bond donors (Lipinski definition) is 1.